The molecule has 1 aliphatic rings. The summed E-state index contributed by atoms with van der Waals surface area (Å²) in [6.07, 6.45) is 4.53. The van der Waals surface area contributed by atoms with E-state index in [1.165, 1.54) is 30.4 Å². The van der Waals surface area contributed by atoms with E-state index in [-0.39, 0.29) is 23.3 Å². The van der Waals surface area contributed by atoms with Crippen LogP contribution in [0.5, 0.6) is 5.75 Å². The Morgan fingerprint density at radius 2 is 2.10 bits per heavy atom. The summed E-state index contributed by atoms with van der Waals surface area (Å²) in [7, 11) is 1.40. The minimum Gasteiger partial charge on any atom is -0.494 e. The van der Waals surface area contributed by atoms with Crippen LogP contribution < -0.4 is 10.1 Å². The van der Waals surface area contributed by atoms with Crippen molar-refractivity contribution in [2.24, 2.45) is 0 Å². The predicted molar refractivity (Wildman–Crippen MR) is 109 cm³/mol. The molecule has 150 valence electrons. The second-order valence-electron chi connectivity index (χ2n) is 7.45. The minimum absolute atomic E-state index is 0.122. The number of benzene rings is 2. The third-order valence-electron chi connectivity index (χ3n) is 5.71. The molecule has 0 saturated carbocycles. The van der Waals surface area contributed by atoms with Gasteiger partial charge in [-0.05, 0) is 68.5 Å². The Morgan fingerprint density at radius 3 is 2.86 bits per heavy atom. The molecule has 1 N–H and O–H groups in total. The monoisotopic (exact) mass is 393 g/mol. The van der Waals surface area contributed by atoms with E-state index in [1.54, 1.807) is 6.07 Å². The number of hydrogen-bond donors (Lipinski definition) is 1. The second-order valence-corrected chi connectivity index (χ2v) is 7.45. The van der Waals surface area contributed by atoms with Crippen LogP contribution in [0.15, 0.2) is 42.6 Å². The number of amides is 1. The standard InChI is InChI=1S/C23H24FN3O2/c1-14-6-4-8-20(15(14)2)27-21-9-5-7-19(17(21)13-25-27)26-23(28)16-10-11-22(29-3)18(24)12-16/h4,6,8,10-13,19H,5,7,9H2,1-3H3,(H,26,28)/t19-/m1/s1. The van der Waals surface area contributed by atoms with Crippen molar-refractivity contribution in [1.82, 2.24) is 15.1 Å². The summed E-state index contributed by atoms with van der Waals surface area (Å²) in [5, 5.41) is 7.67. The summed E-state index contributed by atoms with van der Waals surface area (Å²) < 4.78 is 20.9. The summed E-state index contributed by atoms with van der Waals surface area (Å²) in [4.78, 5) is 12.7. The van der Waals surface area contributed by atoms with E-state index in [2.05, 4.69) is 36.4 Å². The average molecular weight is 393 g/mol. The van der Waals surface area contributed by atoms with Gasteiger partial charge in [-0.1, -0.05) is 12.1 Å². The van der Waals surface area contributed by atoms with E-state index in [4.69, 9.17) is 4.74 Å². The predicted octanol–water partition coefficient (Wildman–Crippen LogP) is 4.44. The molecule has 3 aromatic rings. The highest BCUT2D eigenvalue weighted by Crippen LogP contribution is 2.32. The molecule has 5 nitrogen and oxygen atoms in total. The normalized spacial score (nSPS) is 15.7. The maximum absolute atomic E-state index is 14.0. The highest BCUT2D eigenvalue weighted by atomic mass is 19.1. The molecule has 1 atom stereocenters. The Hall–Kier alpha value is -3.15. The highest BCUT2D eigenvalue weighted by molar-refractivity contribution is 5.94. The van der Waals surface area contributed by atoms with Gasteiger partial charge in [-0.15, -0.1) is 0 Å². The molecule has 6 heteroatoms. The van der Waals surface area contributed by atoms with E-state index in [0.29, 0.717) is 0 Å². The van der Waals surface area contributed by atoms with Crippen LogP contribution in [0.1, 0.15) is 51.6 Å². The lowest BCUT2D eigenvalue weighted by molar-refractivity contribution is 0.0932. The number of carbonyl (C=O) groups excluding carboxylic acids is 1. The van der Waals surface area contributed by atoms with Crippen molar-refractivity contribution in [3.05, 3.63) is 76.4 Å². The van der Waals surface area contributed by atoms with Gasteiger partial charge in [0, 0.05) is 16.8 Å². The molecule has 1 amide bonds. The summed E-state index contributed by atoms with van der Waals surface area (Å²) in [6.45, 7) is 4.19. The number of ether oxygens (including phenoxy) is 1. The van der Waals surface area contributed by atoms with Gasteiger partial charge < -0.3 is 10.1 Å². The Morgan fingerprint density at radius 1 is 1.28 bits per heavy atom. The first-order valence-electron chi connectivity index (χ1n) is 9.77. The molecule has 0 bridgehead atoms. The number of nitrogens with zero attached hydrogens (tertiary/aromatic N) is 2. The Labute approximate surface area is 169 Å². The van der Waals surface area contributed by atoms with E-state index in [1.807, 2.05) is 16.9 Å². The lowest BCUT2D eigenvalue weighted by Gasteiger charge is -2.24. The van der Waals surface area contributed by atoms with Crippen molar-refractivity contribution in [2.75, 3.05) is 7.11 Å². The molecule has 0 aliphatic heterocycles. The van der Waals surface area contributed by atoms with Crippen LogP contribution >= 0.6 is 0 Å². The summed E-state index contributed by atoms with van der Waals surface area (Å²) in [5.74, 6) is -0.729. The Balaban J connectivity index is 1.61. The van der Waals surface area contributed by atoms with Gasteiger partial charge in [0.25, 0.3) is 5.91 Å². The zero-order chi connectivity index (χ0) is 20.5. The van der Waals surface area contributed by atoms with Crippen LogP contribution in [0.2, 0.25) is 0 Å². The second kappa shape index (κ2) is 7.70. The number of carbonyl (C=O) groups is 1. The van der Waals surface area contributed by atoms with Crippen LogP contribution in [-0.2, 0) is 6.42 Å². The first-order chi connectivity index (χ1) is 14.0. The number of fused-ring (bicyclic) bond motifs is 1. The third kappa shape index (κ3) is 3.50. The number of nitrogens with one attached hydrogen (secondary N) is 1. The molecule has 0 saturated heterocycles. The van der Waals surface area contributed by atoms with Gasteiger partial charge in [-0.25, -0.2) is 9.07 Å². The van der Waals surface area contributed by atoms with Crippen molar-refractivity contribution >= 4 is 5.91 Å². The fraction of sp³-hybridized carbons (Fsp3) is 0.304. The molecule has 0 spiro atoms. The van der Waals surface area contributed by atoms with Gasteiger partial charge in [0.15, 0.2) is 11.6 Å². The van der Waals surface area contributed by atoms with Crippen LogP contribution in [0.25, 0.3) is 5.69 Å². The maximum atomic E-state index is 14.0. The molecular weight excluding hydrogens is 369 g/mol. The number of methoxy groups -OCH3 is 1. The molecule has 29 heavy (non-hydrogen) atoms. The average Bonchev–Trinajstić information content (AvgIpc) is 3.15. The summed E-state index contributed by atoms with van der Waals surface area (Å²) in [5.41, 5.74) is 5.90. The number of aromatic nitrogens is 2. The van der Waals surface area contributed by atoms with Gasteiger partial charge in [0.2, 0.25) is 0 Å². The zero-order valence-corrected chi connectivity index (χ0v) is 16.8. The number of halogens is 1. The first-order valence-corrected chi connectivity index (χ1v) is 9.77. The lowest BCUT2D eigenvalue weighted by Crippen LogP contribution is -2.31. The molecule has 1 aromatic heterocycles. The van der Waals surface area contributed by atoms with Crippen molar-refractivity contribution in [3.8, 4) is 11.4 Å². The van der Waals surface area contributed by atoms with Gasteiger partial charge >= 0.3 is 0 Å². The van der Waals surface area contributed by atoms with Crippen LogP contribution in [0.4, 0.5) is 4.39 Å². The fourth-order valence-electron chi connectivity index (χ4n) is 3.93. The Bertz CT molecular complexity index is 1070. The van der Waals surface area contributed by atoms with Crippen molar-refractivity contribution in [3.63, 3.8) is 0 Å². The lowest BCUT2D eigenvalue weighted by atomic mass is 9.92. The van der Waals surface area contributed by atoms with E-state index < -0.39 is 5.82 Å². The number of hydrogen-bond acceptors (Lipinski definition) is 3. The third-order valence-corrected chi connectivity index (χ3v) is 5.71. The van der Waals surface area contributed by atoms with Gasteiger partial charge in [-0.3, -0.25) is 4.79 Å². The topological polar surface area (TPSA) is 56.1 Å². The van der Waals surface area contributed by atoms with E-state index in [9.17, 15) is 9.18 Å². The quantitative estimate of drug-likeness (QED) is 0.713. The SMILES string of the molecule is COc1ccc(C(=O)N[C@@H]2CCCc3c2cnn3-c2cccc(C)c2C)cc1F. The van der Waals surface area contributed by atoms with Crippen LogP contribution in [0.3, 0.4) is 0 Å². The van der Waals surface area contributed by atoms with E-state index in [0.717, 1.165) is 36.2 Å². The zero-order valence-electron chi connectivity index (χ0n) is 16.8. The van der Waals surface area contributed by atoms with Gasteiger partial charge in [-0.2, -0.15) is 5.10 Å². The van der Waals surface area contributed by atoms with Crippen LogP contribution in [-0.4, -0.2) is 22.8 Å². The molecule has 0 fully saturated rings. The first kappa shape index (κ1) is 19.2. The van der Waals surface area contributed by atoms with Crippen molar-refractivity contribution in [2.45, 2.75) is 39.2 Å². The highest BCUT2D eigenvalue weighted by Gasteiger charge is 2.27. The number of aryl methyl sites for hydroxylation is 1. The van der Waals surface area contributed by atoms with Crippen molar-refractivity contribution < 1.29 is 13.9 Å². The molecule has 0 unspecified atom stereocenters. The maximum Gasteiger partial charge on any atom is 0.251 e. The minimum atomic E-state index is -0.549. The summed E-state index contributed by atoms with van der Waals surface area (Å²) in [6, 6.07) is 10.3. The van der Waals surface area contributed by atoms with Crippen molar-refractivity contribution in [1.29, 1.82) is 0 Å². The molecule has 2 aromatic carbocycles. The molecular formula is C23H24FN3O2. The number of rotatable bonds is 4. The molecule has 1 aliphatic carbocycles. The van der Waals surface area contributed by atoms with Crippen LogP contribution in [0, 0.1) is 19.7 Å². The van der Waals surface area contributed by atoms with Gasteiger partial charge in [0.1, 0.15) is 0 Å². The molecule has 4 rings (SSSR count). The molecule has 0 radical (unpaired) electrons. The molecule has 1 heterocycles. The largest absolute Gasteiger partial charge is 0.494 e. The smallest absolute Gasteiger partial charge is 0.251 e. The Kier molecular flexibility index (Phi) is 5.09. The van der Waals surface area contributed by atoms with E-state index >= 15 is 0 Å². The van der Waals surface area contributed by atoms with Gasteiger partial charge in [0.05, 0.1) is 25.0 Å². The fourth-order valence-corrected chi connectivity index (χ4v) is 3.93. The summed E-state index contributed by atoms with van der Waals surface area (Å²) >= 11 is 0.